The van der Waals surface area contributed by atoms with E-state index in [-0.39, 0.29) is 0 Å². The molecule has 0 aliphatic heterocycles. The summed E-state index contributed by atoms with van der Waals surface area (Å²) in [5, 5.41) is 3.48. The smallest absolute Gasteiger partial charge is 0.148 e. The second kappa shape index (κ2) is 4.94. The number of aromatic nitrogens is 2. The van der Waals surface area contributed by atoms with Crippen LogP contribution in [0.2, 0.25) is 0 Å². The Labute approximate surface area is 113 Å². The van der Waals surface area contributed by atoms with Crippen molar-refractivity contribution in [3.63, 3.8) is 0 Å². The summed E-state index contributed by atoms with van der Waals surface area (Å²) in [7, 11) is 1.76. The molecule has 6 nitrogen and oxygen atoms in total. The summed E-state index contributed by atoms with van der Waals surface area (Å²) in [5.41, 5.74) is 3.65. The van der Waals surface area contributed by atoms with Crippen LogP contribution in [0.4, 0.5) is 11.6 Å². The molecular formula is C13H21N5O. The minimum absolute atomic E-state index is 0.384. The molecule has 0 atom stereocenters. The van der Waals surface area contributed by atoms with Gasteiger partial charge in [-0.1, -0.05) is 0 Å². The predicted octanol–water partition coefficient (Wildman–Crippen LogP) is 1.54. The van der Waals surface area contributed by atoms with E-state index < -0.39 is 0 Å². The van der Waals surface area contributed by atoms with E-state index in [2.05, 4.69) is 20.7 Å². The van der Waals surface area contributed by atoms with E-state index in [4.69, 9.17) is 10.6 Å². The lowest BCUT2D eigenvalue weighted by Crippen LogP contribution is -2.40. The Bertz CT molecular complexity index is 468. The summed E-state index contributed by atoms with van der Waals surface area (Å²) in [6.45, 7) is 1.99. The van der Waals surface area contributed by atoms with Gasteiger partial charge in [-0.3, -0.25) is 0 Å². The van der Waals surface area contributed by atoms with Crippen molar-refractivity contribution < 1.29 is 4.74 Å². The van der Waals surface area contributed by atoms with E-state index in [9.17, 15) is 0 Å². The number of rotatable bonds is 5. The zero-order valence-corrected chi connectivity index (χ0v) is 11.4. The Morgan fingerprint density at radius 1 is 1.21 bits per heavy atom. The van der Waals surface area contributed by atoms with E-state index in [1.165, 1.54) is 12.8 Å². The van der Waals surface area contributed by atoms with Crippen molar-refractivity contribution in [2.45, 2.75) is 50.7 Å². The molecule has 0 spiro atoms. The van der Waals surface area contributed by atoms with Gasteiger partial charge in [0.25, 0.3) is 0 Å². The summed E-state index contributed by atoms with van der Waals surface area (Å²) >= 11 is 0. The van der Waals surface area contributed by atoms with Gasteiger partial charge in [0.05, 0.1) is 6.10 Å². The van der Waals surface area contributed by atoms with Gasteiger partial charge < -0.3 is 15.5 Å². The van der Waals surface area contributed by atoms with E-state index in [0.29, 0.717) is 18.1 Å². The number of nitrogens with one attached hydrogen (secondary N) is 2. The van der Waals surface area contributed by atoms with Crippen LogP contribution in [0.5, 0.6) is 0 Å². The monoisotopic (exact) mass is 263 g/mol. The third-order valence-corrected chi connectivity index (χ3v) is 4.01. The first-order chi connectivity index (χ1) is 9.21. The maximum Gasteiger partial charge on any atom is 0.148 e. The van der Waals surface area contributed by atoms with Crippen molar-refractivity contribution in [1.82, 2.24) is 9.97 Å². The lowest BCUT2D eigenvalue weighted by Gasteiger charge is -2.35. The molecule has 2 aliphatic carbocycles. The van der Waals surface area contributed by atoms with Gasteiger partial charge in [0.1, 0.15) is 17.5 Å². The Balaban J connectivity index is 1.77. The van der Waals surface area contributed by atoms with Crippen molar-refractivity contribution in [3.8, 4) is 0 Å². The fourth-order valence-corrected chi connectivity index (χ4v) is 2.41. The molecule has 2 saturated carbocycles. The van der Waals surface area contributed by atoms with E-state index in [1.54, 1.807) is 7.11 Å². The third-order valence-electron chi connectivity index (χ3n) is 4.01. The molecule has 0 saturated heterocycles. The number of nitrogens with zero attached hydrogens (tertiary/aromatic N) is 2. The molecule has 1 aromatic rings. The predicted molar refractivity (Wildman–Crippen MR) is 74.0 cm³/mol. The molecule has 2 aliphatic rings. The van der Waals surface area contributed by atoms with Crippen molar-refractivity contribution >= 4 is 11.6 Å². The van der Waals surface area contributed by atoms with Gasteiger partial charge in [0.15, 0.2) is 0 Å². The molecule has 3 rings (SSSR count). The van der Waals surface area contributed by atoms with Crippen LogP contribution in [0, 0.1) is 6.92 Å². The number of anilines is 2. The molecule has 0 aromatic carbocycles. The van der Waals surface area contributed by atoms with Crippen LogP contribution in [0.15, 0.2) is 0 Å². The number of ether oxygens (including phenoxy) is 1. The molecule has 2 fully saturated rings. The van der Waals surface area contributed by atoms with Crippen molar-refractivity contribution in [2.24, 2.45) is 5.84 Å². The number of nitrogens with two attached hydrogens (primary N) is 1. The highest BCUT2D eigenvalue weighted by Gasteiger charge is 2.31. The average Bonchev–Trinajstić information content (AvgIpc) is 3.19. The SMILES string of the molecule is COC1CC(Nc2nc(C3CC3)nc(NN)c2C)C1. The Morgan fingerprint density at radius 3 is 2.47 bits per heavy atom. The normalized spacial score (nSPS) is 25.8. The molecule has 4 N–H and O–H groups in total. The summed E-state index contributed by atoms with van der Waals surface area (Å²) in [4.78, 5) is 9.14. The summed E-state index contributed by atoms with van der Waals surface area (Å²) < 4.78 is 5.30. The van der Waals surface area contributed by atoms with Crippen LogP contribution in [-0.2, 0) is 4.74 Å². The van der Waals surface area contributed by atoms with E-state index in [0.717, 1.165) is 35.9 Å². The molecule has 0 unspecified atom stereocenters. The van der Waals surface area contributed by atoms with Crippen LogP contribution in [-0.4, -0.2) is 29.2 Å². The summed E-state index contributed by atoms with van der Waals surface area (Å²) in [6.07, 6.45) is 4.81. The Kier molecular flexibility index (Phi) is 3.28. The van der Waals surface area contributed by atoms with Crippen molar-refractivity contribution in [1.29, 1.82) is 0 Å². The van der Waals surface area contributed by atoms with Gasteiger partial charge in [-0.05, 0) is 32.6 Å². The summed E-state index contributed by atoms with van der Waals surface area (Å²) in [6, 6.07) is 0.441. The van der Waals surface area contributed by atoms with Crippen molar-refractivity contribution in [3.05, 3.63) is 11.4 Å². The number of hydrogen-bond acceptors (Lipinski definition) is 6. The van der Waals surface area contributed by atoms with Crippen LogP contribution in [0.3, 0.4) is 0 Å². The highest BCUT2D eigenvalue weighted by atomic mass is 16.5. The number of methoxy groups -OCH3 is 1. The molecular weight excluding hydrogens is 242 g/mol. The fourth-order valence-electron chi connectivity index (χ4n) is 2.41. The number of hydrazine groups is 1. The van der Waals surface area contributed by atoms with Gasteiger partial charge in [-0.2, -0.15) is 0 Å². The van der Waals surface area contributed by atoms with Gasteiger partial charge in [-0.25, -0.2) is 15.8 Å². The van der Waals surface area contributed by atoms with Crippen LogP contribution in [0.1, 0.15) is 43.0 Å². The number of hydrogen-bond donors (Lipinski definition) is 3. The minimum atomic E-state index is 0.384. The van der Waals surface area contributed by atoms with Gasteiger partial charge in [0, 0.05) is 24.6 Å². The molecule has 6 heteroatoms. The molecule has 104 valence electrons. The zero-order valence-electron chi connectivity index (χ0n) is 11.4. The topological polar surface area (TPSA) is 85.1 Å². The maximum absolute atomic E-state index is 5.54. The van der Waals surface area contributed by atoms with Gasteiger partial charge >= 0.3 is 0 Å². The van der Waals surface area contributed by atoms with E-state index in [1.807, 2.05) is 6.92 Å². The van der Waals surface area contributed by atoms with Crippen LogP contribution in [0.25, 0.3) is 0 Å². The Hall–Kier alpha value is -1.40. The maximum atomic E-state index is 5.54. The highest BCUT2D eigenvalue weighted by molar-refractivity contribution is 5.57. The minimum Gasteiger partial charge on any atom is -0.381 e. The lowest BCUT2D eigenvalue weighted by atomic mass is 9.89. The van der Waals surface area contributed by atoms with Gasteiger partial charge in [-0.15, -0.1) is 0 Å². The first-order valence-corrected chi connectivity index (χ1v) is 6.85. The first-order valence-electron chi connectivity index (χ1n) is 6.85. The standard InChI is InChI=1S/C13H21N5O/c1-7-11(15-9-5-10(6-9)19-2)16-13(8-3-4-8)17-12(7)18-14/h8-10H,3-6,14H2,1-2H3,(H2,15,16,17,18). The largest absolute Gasteiger partial charge is 0.381 e. The van der Waals surface area contributed by atoms with Crippen LogP contribution >= 0.6 is 0 Å². The molecule has 1 heterocycles. The van der Waals surface area contributed by atoms with Gasteiger partial charge in [0.2, 0.25) is 0 Å². The lowest BCUT2D eigenvalue weighted by molar-refractivity contribution is 0.0327. The molecule has 0 bridgehead atoms. The zero-order chi connectivity index (χ0) is 13.4. The Morgan fingerprint density at radius 2 is 1.89 bits per heavy atom. The highest BCUT2D eigenvalue weighted by Crippen LogP contribution is 2.39. The molecule has 1 aromatic heterocycles. The van der Waals surface area contributed by atoms with Crippen molar-refractivity contribution in [2.75, 3.05) is 17.9 Å². The van der Waals surface area contributed by atoms with Crippen LogP contribution < -0.4 is 16.6 Å². The average molecular weight is 263 g/mol. The van der Waals surface area contributed by atoms with E-state index >= 15 is 0 Å². The first kappa shape index (κ1) is 12.6. The number of nitrogen functional groups attached to an aromatic ring is 1. The fraction of sp³-hybridized carbons (Fsp3) is 0.692. The quantitative estimate of drug-likeness (QED) is 0.552. The second-order valence-corrected chi connectivity index (χ2v) is 5.49. The molecule has 0 radical (unpaired) electrons. The second-order valence-electron chi connectivity index (χ2n) is 5.49. The molecule has 19 heavy (non-hydrogen) atoms. The summed E-state index contributed by atoms with van der Waals surface area (Å²) in [5.74, 6) is 8.59. The third kappa shape index (κ3) is 2.50. The molecule has 0 amide bonds.